The van der Waals surface area contributed by atoms with Gasteiger partial charge >= 0.3 is 0 Å². The molecule has 2 aliphatic heterocycles. The summed E-state index contributed by atoms with van der Waals surface area (Å²) in [4.78, 5) is 13.8. The van der Waals surface area contributed by atoms with Crippen LogP contribution in [0.5, 0.6) is 0 Å². The fourth-order valence-electron chi connectivity index (χ4n) is 2.98. The van der Waals surface area contributed by atoms with Crippen LogP contribution in [0.25, 0.3) is 0 Å². The lowest BCUT2D eigenvalue weighted by molar-refractivity contribution is -0.0957. The highest BCUT2D eigenvalue weighted by molar-refractivity contribution is 5.92. The molecule has 1 atom stereocenters. The van der Waals surface area contributed by atoms with E-state index >= 15 is 0 Å². The van der Waals surface area contributed by atoms with Crippen LogP contribution in [0.4, 0.5) is 0 Å². The Morgan fingerprint density at radius 2 is 2.42 bits per heavy atom. The summed E-state index contributed by atoms with van der Waals surface area (Å²) in [6.07, 6.45) is 3.58. The predicted octanol–water partition coefficient (Wildman–Crippen LogP) is 1.55. The van der Waals surface area contributed by atoms with Crippen molar-refractivity contribution in [1.82, 2.24) is 4.90 Å². The Hall–Kier alpha value is -1.33. The summed E-state index contributed by atoms with van der Waals surface area (Å²) in [7, 11) is 1.72. The quantitative estimate of drug-likeness (QED) is 0.828. The average Bonchev–Trinajstić information content (AvgIpc) is 3.03. The Kier molecular flexibility index (Phi) is 3.33. The second-order valence-corrected chi connectivity index (χ2v) is 5.48. The van der Waals surface area contributed by atoms with Crippen LogP contribution in [0.15, 0.2) is 22.8 Å². The second-order valence-electron chi connectivity index (χ2n) is 5.48. The molecule has 0 N–H and O–H groups in total. The summed E-state index contributed by atoms with van der Waals surface area (Å²) in [5, 5.41) is 0. The lowest BCUT2D eigenvalue weighted by Crippen LogP contribution is -2.63. The molecule has 2 fully saturated rings. The van der Waals surface area contributed by atoms with Crippen molar-refractivity contribution >= 4 is 5.91 Å². The first-order valence-corrected chi connectivity index (χ1v) is 6.68. The van der Waals surface area contributed by atoms with E-state index < -0.39 is 0 Å². The average molecular weight is 265 g/mol. The highest BCUT2D eigenvalue weighted by Crippen LogP contribution is 2.39. The fourth-order valence-corrected chi connectivity index (χ4v) is 2.98. The van der Waals surface area contributed by atoms with Crippen LogP contribution in [-0.2, 0) is 9.47 Å². The smallest absolute Gasteiger partial charge is 0.289 e. The third kappa shape index (κ3) is 2.40. The van der Waals surface area contributed by atoms with E-state index in [9.17, 15) is 4.79 Å². The number of amides is 1. The Balaban J connectivity index is 1.51. The molecule has 1 spiro atoms. The van der Waals surface area contributed by atoms with Crippen molar-refractivity contribution in [3.8, 4) is 0 Å². The van der Waals surface area contributed by atoms with Crippen LogP contribution in [0.3, 0.4) is 0 Å². The Labute approximate surface area is 112 Å². The number of methoxy groups -OCH3 is 1. The molecule has 1 amide bonds. The Morgan fingerprint density at radius 3 is 3.11 bits per heavy atom. The Morgan fingerprint density at radius 1 is 1.58 bits per heavy atom. The molecule has 3 heterocycles. The third-order valence-corrected chi connectivity index (χ3v) is 3.99. The molecule has 1 unspecified atom stereocenters. The Bertz CT molecular complexity index is 436. The lowest BCUT2D eigenvalue weighted by atomic mass is 9.86. The number of ether oxygens (including phenoxy) is 2. The number of nitrogens with zero attached hydrogens (tertiary/aromatic N) is 1. The molecule has 5 nitrogen and oxygen atoms in total. The van der Waals surface area contributed by atoms with Gasteiger partial charge in [-0.05, 0) is 30.9 Å². The highest BCUT2D eigenvalue weighted by atomic mass is 16.5. The zero-order valence-corrected chi connectivity index (χ0v) is 11.1. The van der Waals surface area contributed by atoms with Gasteiger partial charge in [-0.2, -0.15) is 0 Å². The second kappa shape index (κ2) is 4.98. The minimum Gasteiger partial charge on any atom is -0.459 e. The first-order valence-electron chi connectivity index (χ1n) is 6.68. The number of hydrogen-bond donors (Lipinski definition) is 0. The molecular weight excluding hydrogens is 246 g/mol. The van der Waals surface area contributed by atoms with Gasteiger partial charge in [0.15, 0.2) is 5.76 Å². The molecule has 104 valence electrons. The molecule has 1 aromatic rings. The number of likely N-dealkylation sites (tertiary alicyclic amines) is 1. The van der Waals surface area contributed by atoms with Gasteiger partial charge in [-0.1, -0.05) is 0 Å². The minimum absolute atomic E-state index is 0.0421. The van der Waals surface area contributed by atoms with Crippen molar-refractivity contribution in [2.75, 3.05) is 33.4 Å². The summed E-state index contributed by atoms with van der Waals surface area (Å²) in [6.45, 7) is 2.91. The van der Waals surface area contributed by atoms with Crippen LogP contribution in [-0.4, -0.2) is 49.8 Å². The van der Waals surface area contributed by atoms with Gasteiger partial charge in [-0.3, -0.25) is 4.79 Å². The van der Waals surface area contributed by atoms with Crippen LogP contribution in [0.1, 0.15) is 23.4 Å². The number of furan rings is 1. The van der Waals surface area contributed by atoms with E-state index in [1.54, 1.807) is 24.1 Å². The molecule has 5 heteroatoms. The van der Waals surface area contributed by atoms with Crippen molar-refractivity contribution in [2.45, 2.75) is 18.4 Å². The van der Waals surface area contributed by atoms with Gasteiger partial charge in [0.2, 0.25) is 0 Å². The number of hydrogen-bond acceptors (Lipinski definition) is 4. The standard InChI is InChI=1S/C14H19NO4/c1-17-6-4-11-7-14(19-8-11)9-15(10-14)13(16)12-3-2-5-18-12/h2-3,5,11H,4,6-10H2,1H3. The molecule has 19 heavy (non-hydrogen) atoms. The first kappa shape index (κ1) is 12.7. The van der Waals surface area contributed by atoms with Gasteiger partial charge in [0.05, 0.1) is 26.0 Å². The van der Waals surface area contributed by atoms with Crippen molar-refractivity contribution in [3.05, 3.63) is 24.2 Å². The summed E-state index contributed by atoms with van der Waals surface area (Å²) in [5.41, 5.74) is -0.110. The molecule has 0 aliphatic carbocycles. The van der Waals surface area contributed by atoms with E-state index in [1.807, 2.05) is 0 Å². The van der Waals surface area contributed by atoms with Crippen molar-refractivity contribution in [1.29, 1.82) is 0 Å². The van der Waals surface area contributed by atoms with Crippen LogP contribution in [0.2, 0.25) is 0 Å². The molecule has 2 aliphatic rings. The van der Waals surface area contributed by atoms with Gasteiger partial charge in [0, 0.05) is 13.7 Å². The molecule has 1 aromatic heterocycles. The minimum atomic E-state index is -0.110. The predicted molar refractivity (Wildman–Crippen MR) is 67.9 cm³/mol. The monoisotopic (exact) mass is 265 g/mol. The number of rotatable bonds is 4. The van der Waals surface area contributed by atoms with Gasteiger partial charge in [-0.15, -0.1) is 0 Å². The number of carbonyl (C=O) groups excluding carboxylic acids is 1. The molecular formula is C14H19NO4. The summed E-state index contributed by atoms with van der Waals surface area (Å²) in [5.74, 6) is 0.921. The van der Waals surface area contributed by atoms with Gasteiger partial charge in [-0.25, -0.2) is 0 Å². The fraction of sp³-hybridized carbons (Fsp3) is 0.643. The zero-order valence-electron chi connectivity index (χ0n) is 11.1. The normalized spacial score (nSPS) is 24.7. The third-order valence-electron chi connectivity index (χ3n) is 3.99. The van der Waals surface area contributed by atoms with E-state index in [-0.39, 0.29) is 11.5 Å². The summed E-state index contributed by atoms with van der Waals surface area (Å²) < 4.78 is 16.1. The maximum atomic E-state index is 12.0. The molecule has 0 radical (unpaired) electrons. The van der Waals surface area contributed by atoms with Crippen LogP contribution >= 0.6 is 0 Å². The molecule has 0 aromatic carbocycles. The summed E-state index contributed by atoms with van der Waals surface area (Å²) in [6, 6.07) is 3.43. The SMILES string of the molecule is COCCC1COC2(C1)CN(C(=O)c1ccco1)C2. The maximum Gasteiger partial charge on any atom is 0.289 e. The lowest BCUT2D eigenvalue weighted by Gasteiger charge is -2.46. The van der Waals surface area contributed by atoms with E-state index in [0.29, 0.717) is 24.8 Å². The van der Waals surface area contributed by atoms with E-state index in [0.717, 1.165) is 26.1 Å². The van der Waals surface area contributed by atoms with Crippen molar-refractivity contribution < 1.29 is 18.7 Å². The van der Waals surface area contributed by atoms with E-state index in [2.05, 4.69) is 0 Å². The zero-order chi connectivity index (χ0) is 13.3. The van der Waals surface area contributed by atoms with Crippen LogP contribution < -0.4 is 0 Å². The molecule has 0 bridgehead atoms. The van der Waals surface area contributed by atoms with E-state index in [4.69, 9.17) is 13.9 Å². The summed E-state index contributed by atoms with van der Waals surface area (Å²) >= 11 is 0. The van der Waals surface area contributed by atoms with Gasteiger partial charge in [0.1, 0.15) is 5.60 Å². The van der Waals surface area contributed by atoms with Gasteiger partial charge < -0.3 is 18.8 Å². The van der Waals surface area contributed by atoms with E-state index in [1.165, 1.54) is 6.26 Å². The van der Waals surface area contributed by atoms with Crippen molar-refractivity contribution in [2.24, 2.45) is 5.92 Å². The van der Waals surface area contributed by atoms with Crippen molar-refractivity contribution in [3.63, 3.8) is 0 Å². The molecule has 3 rings (SSSR count). The molecule has 2 saturated heterocycles. The van der Waals surface area contributed by atoms with Gasteiger partial charge in [0.25, 0.3) is 5.91 Å². The highest BCUT2D eigenvalue weighted by Gasteiger charge is 2.51. The topological polar surface area (TPSA) is 51.9 Å². The number of carbonyl (C=O) groups is 1. The first-order chi connectivity index (χ1) is 9.22. The van der Waals surface area contributed by atoms with Crippen LogP contribution in [0, 0.1) is 5.92 Å². The largest absolute Gasteiger partial charge is 0.459 e. The molecule has 0 saturated carbocycles. The maximum absolute atomic E-state index is 12.0.